The van der Waals surface area contributed by atoms with Crippen LogP contribution in [0.4, 0.5) is 5.82 Å². The maximum atomic E-state index is 12.4. The van der Waals surface area contributed by atoms with Gasteiger partial charge in [-0.3, -0.25) is 4.79 Å². The Bertz CT molecular complexity index is 630. The molecule has 1 atom stereocenters. The molecule has 1 saturated heterocycles. The Morgan fingerprint density at radius 2 is 2.20 bits per heavy atom. The van der Waals surface area contributed by atoms with E-state index in [0.29, 0.717) is 23.5 Å². The zero-order valence-electron chi connectivity index (χ0n) is 11.5. The van der Waals surface area contributed by atoms with Gasteiger partial charge in [-0.25, -0.2) is 19.2 Å². The number of hydrogen-bond donors (Lipinski definition) is 2. The highest BCUT2D eigenvalue weighted by molar-refractivity contribution is 7.91. The number of amides is 1. The largest absolute Gasteiger partial charge is 0.338 e. The van der Waals surface area contributed by atoms with Gasteiger partial charge in [-0.2, -0.15) is 0 Å². The van der Waals surface area contributed by atoms with Crippen LogP contribution in [0.25, 0.3) is 0 Å². The van der Waals surface area contributed by atoms with Gasteiger partial charge >= 0.3 is 0 Å². The summed E-state index contributed by atoms with van der Waals surface area (Å²) in [5.74, 6) is 5.65. The first kappa shape index (κ1) is 14.7. The monoisotopic (exact) mass is 298 g/mol. The van der Waals surface area contributed by atoms with E-state index >= 15 is 0 Å². The number of rotatable bonds is 3. The van der Waals surface area contributed by atoms with E-state index in [-0.39, 0.29) is 23.5 Å². The van der Waals surface area contributed by atoms with Crippen molar-refractivity contribution in [3.8, 4) is 0 Å². The molecule has 2 rings (SSSR count). The standard InChI is InChI=1S/C12H18N4O3S/c1-8-5-9(6-11(14-8)15-13)12(17)16(2)10-3-4-20(18,19)7-10/h5-6,10H,3-4,7,13H2,1-2H3,(H,14,15). The van der Waals surface area contributed by atoms with Crippen LogP contribution >= 0.6 is 0 Å². The van der Waals surface area contributed by atoms with Gasteiger partial charge in [0.2, 0.25) is 0 Å². The number of nitrogens with zero attached hydrogens (tertiary/aromatic N) is 2. The lowest BCUT2D eigenvalue weighted by molar-refractivity contribution is 0.0747. The summed E-state index contributed by atoms with van der Waals surface area (Å²) in [5, 5.41) is 0. The number of hydrazine groups is 1. The second-order valence-electron chi connectivity index (χ2n) is 5.00. The Morgan fingerprint density at radius 1 is 1.50 bits per heavy atom. The lowest BCUT2D eigenvalue weighted by Crippen LogP contribution is -2.37. The minimum absolute atomic E-state index is 0.0291. The van der Waals surface area contributed by atoms with Gasteiger partial charge in [-0.05, 0) is 25.5 Å². The number of sulfone groups is 1. The average Bonchev–Trinajstić information content (AvgIpc) is 2.76. The summed E-state index contributed by atoms with van der Waals surface area (Å²) in [6.45, 7) is 1.76. The van der Waals surface area contributed by atoms with E-state index in [9.17, 15) is 13.2 Å². The molecule has 1 fully saturated rings. The van der Waals surface area contributed by atoms with E-state index in [1.54, 1.807) is 26.1 Å². The zero-order valence-corrected chi connectivity index (χ0v) is 12.3. The molecule has 1 aromatic rings. The van der Waals surface area contributed by atoms with E-state index in [4.69, 9.17) is 5.84 Å². The van der Waals surface area contributed by atoms with Gasteiger partial charge in [0, 0.05) is 24.3 Å². The molecule has 0 radical (unpaired) electrons. The third-order valence-corrected chi connectivity index (χ3v) is 5.18. The van der Waals surface area contributed by atoms with Gasteiger partial charge in [0.25, 0.3) is 5.91 Å². The maximum absolute atomic E-state index is 12.4. The fourth-order valence-corrected chi connectivity index (χ4v) is 4.09. The summed E-state index contributed by atoms with van der Waals surface area (Å²) in [7, 11) is -1.39. The molecule has 1 unspecified atom stereocenters. The third-order valence-electron chi connectivity index (χ3n) is 3.42. The molecule has 0 saturated carbocycles. The van der Waals surface area contributed by atoms with Gasteiger partial charge in [0.15, 0.2) is 9.84 Å². The molecule has 7 nitrogen and oxygen atoms in total. The highest BCUT2D eigenvalue weighted by Crippen LogP contribution is 2.19. The molecule has 3 N–H and O–H groups in total. The zero-order chi connectivity index (χ0) is 14.9. The fourth-order valence-electron chi connectivity index (χ4n) is 2.32. The predicted octanol–water partition coefficient (Wildman–Crippen LogP) is -0.0653. The smallest absolute Gasteiger partial charge is 0.254 e. The van der Waals surface area contributed by atoms with Crippen LogP contribution in [0, 0.1) is 6.92 Å². The Balaban J connectivity index is 2.21. The number of carbonyl (C=O) groups is 1. The van der Waals surface area contributed by atoms with Gasteiger partial charge in [0.05, 0.1) is 11.5 Å². The van der Waals surface area contributed by atoms with E-state index in [0.717, 1.165) is 0 Å². The summed E-state index contributed by atoms with van der Waals surface area (Å²) < 4.78 is 23.0. The predicted molar refractivity (Wildman–Crippen MR) is 75.9 cm³/mol. The molecule has 0 aromatic carbocycles. The van der Waals surface area contributed by atoms with Crippen LogP contribution in [0.5, 0.6) is 0 Å². The Morgan fingerprint density at radius 3 is 2.75 bits per heavy atom. The molecule has 1 amide bonds. The second kappa shape index (κ2) is 5.37. The van der Waals surface area contributed by atoms with E-state index < -0.39 is 9.84 Å². The van der Waals surface area contributed by atoms with E-state index in [1.807, 2.05) is 0 Å². The van der Waals surface area contributed by atoms with Crippen LogP contribution in [0.2, 0.25) is 0 Å². The number of nitrogens with two attached hydrogens (primary N) is 1. The summed E-state index contributed by atoms with van der Waals surface area (Å²) in [5.41, 5.74) is 3.51. The number of nitrogen functional groups attached to an aromatic ring is 1. The quantitative estimate of drug-likeness (QED) is 0.598. The maximum Gasteiger partial charge on any atom is 0.254 e. The van der Waals surface area contributed by atoms with Gasteiger partial charge < -0.3 is 10.3 Å². The topological polar surface area (TPSA) is 105 Å². The number of pyridine rings is 1. The SMILES string of the molecule is Cc1cc(C(=O)N(C)C2CCS(=O)(=O)C2)cc(NN)n1. The average molecular weight is 298 g/mol. The minimum atomic E-state index is -3.02. The number of anilines is 1. The molecular weight excluding hydrogens is 280 g/mol. The van der Waals surface area contributed by atoms with E-state index in [2.05, 4.69) is 10.4 Å². The number of nitrogens with one attached hydrogen (secondary N) is 1. The molecule has 0 bridgehead atoms. The Labute approximate surface area is 118 Å². The Kier molecular flexibility index (Phi) is 3.96. The van der Waals surface area contributed by atoms with Crippen molar-refractivity contribution in [2.75, 3.05) is 24.0 Å². The fraction of sp³-hybridized carbons (Fsp3) is 0.500. The summed E-state index contributed by atoms with van der Waals surface area (Å²) in [6.07, 6.45) is 0.483. The van der Waals surface area contributed by atoms with Crippen molar-refractivity contribution < 1.29 is 13.2 Å². The minimum Gasteiger partial charge on any atom is -0.338 e. The normalized spacial score (nSPS) is 20.6. The number of aromatic nitrogens is 1. The molecule has 20 heavy (non-hydrogen) atoms. The highest BCUT2D eigenvalue weighted by atomic mass is 32.2. The van der Waals surface area contributed by atoms with Crippen LogP contribution in [0.3, 0.4) is 0 Å². The van der Waals surface area contributed by atoms with Gasteiger partial charge in [-0.1, -0.05) is 0 Å². The number of carbonyl (C=O) groups excluding carboxylic acids is 1. The number of aryl methyl sites for hydroxylation is 1. The first-order valence-electron chi connectivity index (χ1n) is 6.25. The molecule has 1 aliphatic heterocycles. The van der Waals surface area contributed by atoms with Crippen molar-refractivity contribution in [2.45, 2.75) is 19.4 Å². The number of hydrogen-bond acceptors (Lipinski definition) is 6. The van der Waals surface area contributed by atoms with Crippen LogP contribution in [-0.2, 0) is 9.84 Å². The van der Waals surface area contributed by atoms with Crippen molar-refractivity contribution in [3.63, 3.8) is 0 Å². The van der Waals surface area contributed by atoms with Crippen molar-refractivity contribution in [1.82, 2.24) is 9.88 Å². The first-order valence-corrected chi connectivity index (χ1v) is 8.07. The van der Waals surface area contributed by atoms with Gasteiger partial charge in [0.1, 0.15) is 5.82 Å². The molecule has 8 heteroatoms. The lowest BCUT2D eigenvalue weighted by Gasteiger charge is -2.23. The highest BCUT2D eigenvalue weighted by Gasteiger charge is 2.33. The molecule has 2 heterocycles. The van der Waals surface area contributed by atoms with Crippen LogP contribution < -0.4 is 11.3 Å². The first-order chi connectivity index (χ1) is 9.32. The van der Waals surface area contributed by atoms with Crippen LogP contribution in [0.1, 0.15) is 22.5 Å². The molecular formula is C12H18N4O3S. The van der Waals surface area contributed by atoms with E-state index in [1.165, 1.54) is 4.90 Å². The molecule has 0 aliphatic carbocycles. The molecule has 1 aromatic heterocycles. The van der Waals surface area contributed by atoms with Crippen molar-refractivity contribution in [2.24, 2.45) is 5.84 Å². The third kappa shape index (κ3) is 3.07. The summed E-state index contributed by atoms with van der Waals surface area (Å²) in [4.78, 5) is 18.0. The summed E-state index contributed by atoms with van der Waals surface area (Å²) in [6, 6.07) is 2.94. The molecule has 110 valence electrons. The van der Waals surface area contributed by atoms with Crippen molar-refractivity contribution >= 4 is 21.6 Å². The summed E-state index contributed by atoms with van der Waals surface area (Å²) >= 11 is 0. The van der Waals surface area contributed by atoms with Crippen LogP contribution in [0.15, 0.2) is 12.1 Å². The molecule has 0 spiro atoms. The van der Waals surface area contributed by atoms with Crippen LogP contribution in [-0.4, -0.2) is 48.8 Å². The molecule has 1 aliphatic rings. The second-order valence-corrected chi connectivity index (χ2v) is 7.23. The lowest BCUT2D eigenvalue weighted by atomic mass is 10.1. The Hall–Kier alpha value is -1.67. The van der Waals surface area contributed by atoms with Gasteiger partial charge in [-0.15, -0.1) is 0 Å². The van der Waals surface area contributed by atoms with Crippen molar-refractivity contribution in [1.29, 1.82) is 0 Å². The van der Waals surface area contributed by atoms with Crippen molar-refractivity contribution in [3.05, 3.63) is 23.4 Å².